The number of phenols is 1. The zero-order valence-electron chi connectivity index (χ0n) is 6.90. The van der Waals surface area contributed by atoms with Gasteiger partial charge < -0.3 is 9.90 Å². The van der Waals surface area contributed by atoms with Gasteiger partial charge in [0.05, 0.1) is 5.02 Å². The number of allylic oxidation sites excluding steroid dienone is 1. The van der Waals surface area contributed by atoms with E-state index in [0.717, 1.165) is 11.8 Å². The fraction of sp³-hybridized carbons (Fsp3) is 0.100. The van der Waals surface area contributed by atoms with E-state index in [4.69, 9.17) is 16.7 Å². The van der Waals surface area contributed by atoms with Gasteiger partial charge in [-0.15, -0.1) is 0 Å². The topological polar surface area (TPSA) is 37.3 Å². The molecule has 0 spiro atoms. The number of carbonyl (C=O) groups is 1. The number of phenolic OH excluding ortho intramolecular Hbond substituents is 1. The Labute approximate surface area is 81.5 Å². The van der Waals surface area contributed by atoms with Crippen LogP contribution in [0, 0.1) is 0 Å². The Balaban J connectivity index is 2.83. The van der Waals surface area contributed by atoms with E-state index in [9.17, 15) is 4.79 Å². The van der Waals surface area contributed by atoms with Gasteiger partial charge >= 0.3 is 0 Å². The van der Waals surface area contributed by atoms with E-state index in [1.54, 1.807) is 24.3 Å². The van der Waals surface area contributed by atoms with Crippen molar-refractivity contribution in [3.8, 4) is 5.75 Å². The first-order valence-electron chi connectivity index (χ1n) is 3.82. The summed E-state index contributed by atoms with van der Waals surface area (Å²) < 4.78 is 0. The maximum atomic E-state index is 10.0. The number of carbonyl (C=O) groups excluding carboxylic acids is 1. The van der Waals surface area contributed by atoms with Gasteiger partial charge in [0.1, 0.15) is 12.0 Å². The Morgan fingerprint density at radius 2 is 2.23 bits per heavy atom. The highest BCUT2D eigenvalue weighted by molar-refractivity contribution is 6.32. The molecule has 0 atom stereocenters. The van der Waals surface area contributed by atoms with E-state index in [1.807, 2.05) is 0 Å². The Hall–Kier alpha value is -1.28. The molecule has 13 heavy (non-hydrogen) atoms. The van der Waals surface area contributed by atoms with Crippen LogP contribution in [0.5, 0.6) is 5.75 Å². The third kappa shape index (κ3) is 2.92. The summed E-state index contributed by atoms with van der Waals surface area (Å²) in [7, 11) is 0. The summed E-state index contributed by atoms with van der Waals surface area (Å²) in [4.78, 5) is 10.0. The lowest BCUT2D eigenvalue weighted by Gasteiger charge is -1.97. The van der Waals surface area contributed by atoms with Crippen LogP contribution in [0.4, 0.5) is 0 Å². The third-order valence-corrected chi connectivity index (χ3v) is 1.84. The van der Waals surface area contributed by atoms with Crippen LogP contribution < -0.4 is 0 Å². The van der Waals surface area contributed by atoms with Crippen molar-refractivity contribution in [3.05, 3.63) is 34.9 Å². The van der Waals surface area contributed by atoms with Gasteiger partial charge in [0, 0.05) is 6.42 Å². The number of aldehydes is 1. The highest BCUT2D eigenvalue weighted by Crippen LogP contribution is 2.22. The van der Waals surface area contributed by atoms with E-state index in [0.29, 0.717) is 11.4 Å². The predicted molar refractivity (Wildman–Crippen MR) is 52.8 cm³/mol. The SMILES string of the molecule is O=CCC=Cc1ccc(O)cc1Cl. The van der Waals surface area contributed by atoms with E-state index in [1.165, 1.54) is 6.07 Å². The molecule has 0 heterocycles. The number of benzene rings is 1. The lowest BCUT2D eigenvalue weighted by atomic mass is 10.2. The minimum absolute atomic E-state index is 0.137. The van der Waals surface area contributed by atoms with Crippen molar-refractivity contribution in [3.63, 3.8) is 0 Å². The van der Waals surface area contributed by atoms with Crippen LogP contribution in [0.2, 0.25) is 5.02 Å². The first-order chi connectivity index (χ1) is 6.24. The fourth-order valence-corrected chi connectivity index (χ4v) is 1.14. The summed E-state index contributed by atoms with van der Waals surface area (Å²) in [5.74, 6) is 0.137. The standard InChI is InChI=1S/C10H9ClO2/c11-10-7-9(13)5-4-8(10)3-1-2-6-12/h1,3-7,13H,2H2. The Morgan fingerprint density at radius 1 is 1.46 bits per heavy atom. The molecule has 0 bridgehead atoms. The van der Waals surface area contributed by atoms with Crippen molar-refractivity contribution in [2.24, 2.45) is 0 Å². The molecule has 1 N–H and O–H groups in total. The van der Waals surface area contributed by atoms with Crippen molar-refractivity contribution < 1.29 is 9.90 Å². The van der Waals surface area contributed by atoms with Crippen molar-refractivity contribution in [1.29, 1.82) is 0 Å². The molecular weight excluding hydrogens is 188 g/mol. The van der Waals surface area contributed by atoms with Crippen molar-refractivity contribution in [2.75, 3.05) is 0 Å². The molecule has 1 rings (SSSR count). The van der Waals surface area contributed by atoms with E-state index in [-0.39, 0.29) is 5.75 Å². The summed E-state index contributed by atoms with van der Waals surface area (Å²) in [6.07, 6.45) is 4.64. The highest BCUT2D eigenvalue weighted by Gasteiger charge is 1.96. The minimum atomic E-state index is 0.137. The molecule has 2 nitrogen and oxygen atoms in total. The first-order valence-corrected chi connectivity index (χ1v) is 4.20. The Morgan fingerprint density at radius 3 is 2.85 bits per heavy atom. The van der Waals surface area contributed by atoms with Gasteiger partial charge in [-0.3, -0.25) is 0 Å². The first kappa shape index (κ1) is 9.81. The van der Waals surface area contributed by atoms with Crippen LogP contribution in [-0.2, 0) is 4.79 Å². The van der Waals surface area contributed by atoms with Gasteiger partial charge in [-0.25, -0.2) is 0 Å². The molecule has 1 aromatic rings. The largest absolute Gasteiger partial charge is 0.508 e. The van der Waals surface area contributed by atoms with Gasteiger partial charge in [-0.2, -0.15) is 0 Å². The third-order valence-electron chi connectivity index (χ3n) is 1.51. The average molecular weight is 197 g/mol. The maximum absolute atomic E-state index is 10.0. The number of hydrogen-bond donors (Lipinski definition) is 1. The molecule has 0 unspecified atom stereocenters. The number of rotatable bonds is 3. The average Bonchev–Trinajstić information content (AvgIpc) is 2.09. The predicted octanol–water partition coefficient (Wildman–Crippen LogP) is 2.65. The zero-order chi connectivity index (χ0) is 9.68. The molecule has 0 radical (unpaired) electrons. The van der Waals surface area contributed by atoms with Crippen LogP contribution in [0.3, 0.4) is 0 Å². The van der Waals surface area contributed by atoms with Crippen LogP contribution in [0.25, 0.3) is 6.08 Å². The van der Waals surface area contributed by atoms with Crippen LogP contribution in [-0.4, -0.2) is 11.4 Å². The number of hydrogen-bond acceptors (Lipinski definition) is 2. The van der Waals surface area contributed by atoms with E-state index < -0.39 is 0 Å². The molecule has 0 aliphatic carbocycles. The fourth-order valence-electron chi connectivity index (χ4n) is 0.902. The molecule has 1 aromatic carbocycles. The highest BCUT2D eigenvalue weighted by atomic mass is 35.5. The molecule has 0 amide bonds. The van der Waals surface area contributed by atoms with Crippen molar-refractivity contribution >= 4 is 24.0 Å². The van der Waals surface area contributed by atoms with E-state index in [2.05, 4.69) is 0 Å². The lowest BCUT2D eigenvalue weighted by molar-refractivity contribution is -0.107. The minimum Gasteiger partial charge on any atom is -0.508 e. The molecule has 0 saturated carbocycles. The van der Waals surface area contributed by atoms with Gasteiger partial charge in [-0.05, 0) is 23.8 Å². The quantitative estimate of drug-likeness (QED) is 0.755. The molecule has 0 fully saturated rings. The molecule has 0 saturated heterocycles. The summed E-state index contributed by atoms with van der Waals surface area (Å²) in [6, 6.07) is 4.70. The van der Waals surface area contributed by atoms with Crippen molar-refractivity contribution in [2.45, 2.75) is 6.42 Å². The lowest BCUT2D eigenvalue weighted by Crippen LogP contribution is -1.75. The smallest absolute Gasteiger partial charge is 0.123 e. The van der Waals surface area contributed by atoms with Crippen molar-refractivity contribution in [1.82, 2.24) is 0 Å². The Kier molecular flexibility index (Phi) is 3.53. The summed E-state index contributed by atoms with van der Waals surface area (Å²) in [5, 5.41) is 9.52. The second-order valence-electron chi connectivity index (χ2n) is 2.51. The van der Waals surface area contributed by atoms with Gasteiger partial charge in [-0.1, -0.05) is 23.8 Å². The van der Waals surface area contributed by atoms with E-state index >= 15 is 0 Å². The van der Waals surface area contributed by atoms with Gasteiger partial charge in [0.25, 0.3) is 0 Å². The van der Waals surface area contributed by atoms with Gasteiger partial charge in [0.2, 0.25) is 0 Å². The van der Waals surface area contributed by atoms with Gasteiger partial charge in [0.15, 0.2) is 0 Å². The molecule has 68 valence electrons. The summed E-state index contributed by atoms with van der Waals surface area (Å²) >= 11 is 5.81. The molecule has 3 heteroatoms. The molecule has 0 aliphatic heterocycles. The normalized spacial score (nSPS) is 10.5. The molecule has 0 aliphatic rings. The zero-order valence-corrected chi connectivity index (χ0v) is 7.66. The van der Waals surface area contributed by atoms with Crippen LogP contribution >= 0.6 is 11.6 Å². The molecule has 0 aromatic heterocycles. The maximum Gasteiger partial charge on any atom is 0.123 e. The number of halogens is 1. The summed E-state index contributed by atoms with van der Waals surface area (Å²) in [5.41, 5.74) is 0.793. The monoisotopic (exact) mass is 196 g/mol. The molecular formula is C10H9ClO2. The second kappa shape index (κ2) is 4.67. The van der Waals surface area contributed by atoms with Crippen LogP contribution in [0.15, 0.2) is 24.3 Å². The number of aromatic hydroxyl groups is 1. The Bertz CT molecular complexity index is 332. The van der Waals surface area contributed by atoms with Crippen LogP contribution in [0.1, 0.15) is 12.0 Å². The summed E-state index contributed by atoms with van der Waals surface area (Å²) in [6.45, 7) is 0. The second-order valence-corrected chi connectivity index (χ2v) is 2.92.